The Hall–Kier alpha value is -2.66. The van der Waals surface area contributed by atoms with Crippen molar-refractivity contribution >= 4 is 34.4 Å². The van der Waals surface area contributed by atoms with Crippen molar-refractivity contribution in [3.05, 3.63) is 11.0 Å². The number of carbonyl (C=O) groups excluding carboxylic acids is 1. The van der Waals surface area contributed by atoms with Crippen LogP contribution in [0, 0.1) is 5.82 Å². The second-order valence-electron chi connectivity index (χ2n) is 9.93. The number of rotatable bonds is 8. The summed E-state index contributed by atoms with van der Waals surface area (Å²) in [6.07, 6.45) is 5.91. The lowest BCUT2D eigenvalue weighted by Crippen LogP contribution is -2.49. The molecule has 202 valence electrons. The number of halogens is 2. The van der Waals surface area contributed by atoms with Crippen molar-refractivity contribution < 1.29 is 23.4 Å². The maximum atomic E-state index is 15.2. The Morgan fingerprint density at radius 3 is 2.49 bits per heavy atom. The molecule has 0 atom stereocenters. The van der Waals surface area contributed by atoms with Crippen molar-refractivity contribution in [1.82, 2.24) is 24.8 Å². The summed E-state index contributed by atoms with van der Waals surface area (Å²) in [5.41, 5.74) is -0.000538. The Kier molecular flexibility index (Phi) is 7.71. The zero-order valence-corrected chi connectivity index (χ0v) is 22.2. The molecule has 3 aliphatic rings. The van der Waals surface area contributed by atoms with Gasteiger partial charge in [-0.1, -0.05) is 24.9 Å². The number of hydrogen-bond acceptors (Lipinski definition) is 9. The topological polar surface area (TPSA) is 93.2 Å². The van der Waals surface area contributed by atoms with Crippen molar-refractivity contribution in [2.24, 2.45) is 0 Å². The molecule has 3 fully saturated rings. The lowest BCUT2D eigenvalue weighted by molar-refractivity contribution is 0.0987. The van der Waals surface area contributed by atoms with E-state index in [2.05, 4.69) is 14.9 Å². The van der Waals surface area contributed by atoms with E-state index in [-0.39, 0.29) is 34.2 Å². The summed E-state index contributed by atoms with van der Waals surface area (Å²) in [5, 5.41) is 0.00759. The minimum atomic E-state index is -0.745. The first kappa shape index (κ1) is 26.0. The molecule has 12 heteroatoms. The highest BCUT2D eigenvalue weighted by atomic mass is 35.5. The average Bonchev–Trinajstić information content (AvgIpc) is 3.50. The summed E-state index contributed by atoms with van der Waals surface area (Å²) in [6.45, 7) is 6.89. The second kappa shape index (κ2) is 11.0. The number of carbonyl (C=O) groups is 1. The summed E-state index contributed by atoms with van der Waals surface area (Å²) in [6, 6.07) is 0.0975. The number of hydrogen-bond donors (Lipinski definition) is 0. The van der Waals surface area contributed by atoms with Gasteiger partial charge in [0, 0.05) is 26.2 Å². The molecule has 5 heterocycles. The molecule has 10 nitrogen and oxygen atoms in total. The number of ether oxygens (including phenoxy) is 3. The van der Waals surface area contributed by atoms with E-state index in [0.29, 0.717) is 50.6 Å². The Morgan fingerprint density at radius 2 is 1.81 bits per heavy atom. The van der Waals surface area contributed by atoms with Crippen molar-refractivity contribution in [1.29, 1.82) is 0 Å². The van der Waals surface area contributed by atoms with Crippen LogP contribution in [0.3, 0.4) is 0 Å². The van der Waals surface area contributed by atoms with Gasteiger partial charge >= 0.3 is 12.1 Å². The van der Waals surface area contributed by atoms with Crippen molar-refractivity contribution in [3.63, 3.8) is 0 Å². The van der Waals surface area contributed by atoms with Crippen LogP contribution in [0.1, 0.15) is 45.4 Å². The third-order valence-electron chi connectivity index (χ3n) is 7.71. The van der Waals surface area contributed by atoms with Crippen LogP contribution in [0.5, 0.6) is 11.9 Å². The Balaban J connectivity index is 1.42. The fourth-order valence-electron chi connectivity index (χ4n) is 5.67. The summed E-state index contributed by atoms with van der Waals surface area (Å²) >= 11 is 6.08. The maximum absolute atomic E-state index is 15.2. The summed E-state index contributed by atoms with van der Waals surface area (Å²) in [4.78, 5) is 31.7. The fourth-order valence-corrected chi connectivity index (χ4v) is 5.84. The van der Waals surface area contributed by atoms with Crippen LogP contribution in [0.4, 0.5) is 15.0 Å². The molecule has 0 bridgehead atoms. The van der Waals surface area contributed by atoms with E-state index in [1.807, 2.05) is 11.8 Å². The number of pyridine rings is 1. The van der Waals surface area contributed by atoms with Crippen LogP contribution in [-0.2, 0) is 4.74 Å². The SMILES string of the molecule is CCCCOC(=O)N1CCN(c2nc(OCC34CCCN3CCC4)nc3c(F)c(Cl)nc(OC)c23)CC1. The number of unbranched alkanes of at least 4 members (excludes halogenated alkanes) is 1. The number of anilines is 1. The van der Waals surface area contributed by atoms with Gasteiger partial charge in [-0.25, -0.2) is 9.18 Å². The van der Waals surface area contributed by atoms with Crippen LogP contribution in [0.15, 0.2) is 0 Å². The molecular weight excluding hydrogens is 503 g/mol. The van der Waals surface area contributed by atoms with Crippen molar-refractivity contribution in [2.75, 3.05) is 64.5 Å². The van der Waals surface area contributed by atoms with E-state index in [1.165, 1.54) is 7.11 Å². The molecule has 1 amide bonds. The van der Waals surface area contributed by atoms with Crippen molar-refractivity contribution in [3.8, 4) is 11.9 Å². The van der Waals surface area contributed by atoms with Gasteiger partial charge in [-0.2, -0.15) is 15.0 Å². The smallest absolute Gasteiger partial charge is 0.409 e. The van der Waals surface area contributed by atoms with Gasteiger partial charge in [-0.15, -0.1) is 0 Å². The standard InChI is InChI=1S/C25H34ClFN6O4/c1-3-4-15-36-24(34)32-13-11-31(12-14-32)21-17-19(18(27)20(26)29-22(17)35-2)28-23(30-21)37-16-25-7-5-9-33(25)10-6-8-25/h3-16H2,1-2H3. The van der Waals surface area contributed by atoms with Crippen LogP contribution < -0.4 is 14.4 Å². The Bertz CT molecular complexity index is 1140. The number of fused-ring (bicyclic) bond motifs is 2. The molecule has 0 N–H and O–H groups in total. The molecule has 2 aromatic heterocycles. The van der Waals surface area contributed by atoms with Crippen LogP contribution >= 0.6 is 11.6 Å². The molecule has 0 radical (unpaired) electrons. The van der Waals surface area contributed by atoms with E-state index in [4.69, 9.17) is 30.8 Å². The average molecular weight is 537 g/mol. The summed E-state index contributed by atoms with van der Waals surface area (Å²) in [5.74, 6) is -0.155. The number of methoxy groups -OCH3 is 1. The summed E-state index contributed by atoms with van der Waals surface area (Å²) in [7, 11) is 1.45. The molecule has 0 spiro atoms. The van der Waals surface area contributed by atoms with Crippen LogP contribution in [-0.4, -0.2) is 96.0 Å². The number of aromatic nitrogens is 3. The Morgan fingerprint density at radius 1 is 1.08 bits per heavy atom. The van der Waals surface area contributed by atoms with E-state index < -0.39 is 5.82 Å². The largest absolute Gasteiger partial charge is 0.480 e. The van der Waals surface area contributed by atoms with Gasteiger partial charge in [0.15, 0.2) is 11.0 Å². The van der Waals surface area contributed by atoms with Gasteiger partial charge in [-0.3, -0.25) is 4.90 Å². The zero-order valence-electron chi connectivity index (χ0n) is 21.5. The molecule has 37 heavy (non-hydrogen) atoms. The van der Waals surface area contributed by atoms with Gasteiger partial charge in [0.25, 0.3) is 0 Å². The van der Waals surface area contributed by atoms with Gasteiger partial charge in [-0.05, 0) is 45.2 Å². The monoisotopic (exact) mass is 536 g/mol. The van der Waals surface area contributed by atoms with Gasteiger partial charge in [0.1, 0.15) is 23.3 Å². The molecule has 5 rings (SSSR count). The number of nitrogens with zero attached hydrogens (tertiary/aromatic N) is 6. The number of amides is 1. The second-order valence-corrected chi connectivity index (χ2v) is 10.3. The lowest BCUT2D eigenvalue weighted by atomic mass is 9.95. The molecule has 0 aliphatic carbocycles. The quantitative estimate of drug-likeness (QED) is 0.368. The third kappa shape index (κ3) is 5.07. The van der Waals surface area contributed by atoms with Crippen LogP contribution in [0.25, 0.3) is 10.9 Å². The molecule has 3 aliphatic heterocycles. The first-order valence-electron chi connectivity index (χ1n) is 13.1. The molecule has 0 aromatic carbocycles. The van der Waals surface area contributed by atoms with E-state index in [1.54, 1.807) is 4.90 Å². The van der Waals surface area contributed by atoms with Crippen molar-refractivity contribution in [2.45, 2.75) is 51.0 Å². The van der Waals surface area contributed by atoms with E-state index in [0.717, 1.165) is 51.6 Å². The molecule has 0 saturated carbocycles. The minimum absolute atomic E-state index is 0.00505. The Labute approximate surface area is 221 Å². The van der Waals surface area contributed by atoms with Crippen LogP contribution in [0.2, 0.25) is 5.15 Å². The normalized spacial score (nSPS) is 19.4. The van der Waals surface area contributed by atoms with Gasteiger partial charge in [0.2, 0.25) is 5.88 Å². The zero-order chi connectivity index (χ0) is 26.0. The first-order valence-corrected chi connectivity index (χ1v) is 13.5. The highest BCUT2D eigenvalue weighted by Gasteiger charge is 2.45. The summed E-state index contributed by atoms with van der Waals surface area (Å²) < 4.78 is 32.2. The van der Waals surface area contributed by atoms with E-state index in [9.17, 15) is 4.79 Å². The maximum Gasteiger partial charge on any atom is 0.409 e. The minimum Gasteiger partial charge on any atom is -0.480 e. The highest BCUT2D eigenvalue weighted by molar-refractivity contribution is 6.30. The third-order valence-corrected chi connectivity index (χ3v) is 7.96. The van der Waals surface area contributed by atoms with Gasteiger partial charge in [0.05, 0.1) is 19.3 Å². The predicted molar refractivity (Wildman–Crippen MR) is 137 cm³/mol. The molecular formula is C25H34ClFN6O4. The molecule has 2 aromatic rings. The molecule has 0 unspecified atom stereocenters. The fraction of sp³-hybridized carbons (Fsp3) is 0.680. The highest BCUT2D eigenvalue weighted by Crippen LogP contribution is 2.40. The van der Waals surface area contributed by atoms with Gasteiger partial charge < -0.3 is 24.0 Å². The first-order chi connectivity index (χ1) is 18.0. The van der Waals surface area contributed by atoms with E-state index >= 15 is 4.39 Å². The molecule has 3 saturated heterocycles. The number of piperazine rings is 1. The lowest BCUT2D eigenvalue weighted by Gasteiger charge is -2.35. The predicted octanol–water partition coefficient (Wildman–Crippen LogP) is 3.89.